The molecule has 5 rings (SSSR count). The van der Waals surface area contributed by atoms with Gasteiger partial charge in [0, 0.05) is 17.3 Å². The summed E-state index contributed by atoms with van der Waals surface area (Å²) in [5, 5.41) is 21.2. The van der Waals surface area contributed by atoms with Crippen molar-refractivity contribution in [1.82, 2.24) is 4.90 Å². The van der Waals surface area contributed by atoms with Gasteiger partial charge in [0.2, 0.25) is 5.91 Å². The van der Waals surface area contributed by atoms with Crippen molar-refractivity contribution in [3.63, 3.8) is 0 Å². The maximum atomic E-state index is 14.5. The van der Waals surface area contributed by atoms with Crippen LogP contribution in [0.2, 0.25) is 5.02 Å². The first-order chi connectivity index (χ1) is 18.2. The fraction of sp³-hybridized carbons (Fsp3) is 0.414. The molecule has 3 aliphatic rings. The van der Waals surface area contributed by atoms with Crippen molar-refractivity contribution in [2.24, 2.45) is 11.8 Å². The molecule has 8 nitrogen and oxygen atoms in total. The second kappa shape index (κ2) is 9.84. The van der Waals surface area contributed by atoms with E-state index in [0.29, 0.717) is 30.0 Å². The third kappa shape index (κ3) is 4.02. The van der Waals surface area contributed by atoms with Crippen molar-refractivity contribution >= 4 is 35.1 Å². The van der Waals surface area contributed by atoms with E-state index >= 15 is 0 Å². The Hall–Kier alpha value is -3.20. The number of rotatable bonds is 9. The normalized spacial score (nSPS) is 30.2. The summed E-state index contributed by atoms with van der Waals surface area (Å²) >= 11 is 6.08. The van der Waals surface area contributed by atoms with E-state index in [9.17, 15) is 24.6 Å². The van der Waals surface area contributed by atoms with Gasteiger partial charge in [-0.1, -0.05) is 48.0 Å². The van der Waals surface area contributed by atoms with E-state index in [4.69, 9.17) is 16.3 Å². The zero-order valence-corrected chi connectivity index (χ0v) is 21.9. The second-order valence-corrected chi connectivity index (χ2v) is 11.0. The average Bonchev–Trinajstić information content (AvgIpc) is 3.47. The zero-order valence-electron chi connectivity index (χ0n) is 21.1. The predicted molar refractivity (Wildman–Crippen MR) is 142 cm³/mol. The lowest BCUT2D eigenvalue weighted by Gasteiger charge is -2.39. The molecule has 9 heteroatoms. The molecule has 0 radical (unpaired) electrons. The van der Waals surface area contributed by atoms with E-state index in [1.165, 1.54) is 9.80 Å². The second-order valence-electron chi connectivity index (χ2n) is 10.6. The molecule has 3 fully saturated rings. The summed E-state index contributed by atoms with van der Waals surface area (Å²) in [5.41, 5.74) is -0.937. The first-order valence-electron chi connectivity index (χ1n) is 12.7. The van der Waals surface area contributed by atoms with Crippen LogP contribution in [0.1, 0.15) is 25.3 Å². The molecule has 3 saturated heterocycles. The quantitative estimate of drug-likeness (QED) is 0.474. The smallest absolute Gasteiger partial charge is 0.310 e. The summed E-state index contributed by atoms with van der Waals surface area (Å²) in [7, 11) is 0. The van der Waals surface area contributed by atoms with Crippen LogP contribution in [-0.4, -0.2) is 69.3 Å². The van der Waals surface area contributed by atoms with E-state index in [2.05, 4.69) is 6.58 Å². The number of aliphatic hydroxyl groups excluding tert-OH is 1. The molecule has 3 aliphatic heterocycles. The Labute approximate surface area is 226 Å². The number of aliphatic hydroxyl groups is 1. The first-order valence-corrected chi connectivity index (χ1v) is 13.1. The Bertz CT molecular complexity index is 1250. The molecule has 6 atom stereocenters. The van der Waals surface area contributed by atoms with Gasteiger partial charge in [0.15, 0.2) is 0 Å². The van der Waals surface area contributed by atoms with Gasteiger partial charge in [-0.15, -0.1) is 6.58 Å². The highest BCUT2D eigenvalue weighted by atomic mass is 35.5. The molecule has 2 aromatic rings. The van der Waals surface area contributed by atoms with Crippen LogP contribution in [0.5, 0.6) is 0 Å². The Morgan fingerprint density at radius 1 is 1.21 bits per heavy atom. The summed E-state index contributed by atoms with van der Waals surface area (Å²) in [5.74, 6) is -4.13. The minimum absolute atomic E-state index is 0.155. The molecule has 1 spiro atoms. The average molecular weight is 539 g/mol. The van der Waals surface area contributed by atoms with Gasteiger partial charge in [0.1, 0.15) is 11.6 Å². The van der Waals surface area contributed by atoms with Crippen LogP contribution in [0.3, 0.4) is 0 Å². The van der Waals surface area contributed by atoms with Crippen LogP contribution in [0.15, 0.2) is 67.3 Å². The fourth-order valence-corrected chi connectivity index (χ4v) is 6.90. The van der Waals surface area contributed by atoms with Gasteiger partial charge in [-0.25, -0.2) is 0 Å². The number of hydrogen-bond acceptors (Lipinski definition) is 5. The summed E-state index contributed by atoms with van der Waals surface area (Å²) in [6.07, 6.45) is 2.66. The largest absolute Gasteiger partial charge is 0.481 e. The van der Waals surface area contributed by atoms with Crippen LogP contribution in [0, 0.1) is 11.8 Å². The molecule has 2 amide bonds. The Morgan fingerprint density at radius 3 is 2.50 bits per heavy atom. The minimum atomic E-state index is -1.32. The number of carboxylic acid groups (broad SMARTS) is 1. The Kier molecular flexibility index (Phi) is 6.84. The number of nitrogens with zero attached hydrogens (tertiary/aromatic N) is 2. The molecule has 2 bridgehead atoms. The van der Waals surface area contributed by atoms with Crippen molar-refractivity contribution in [2.75, 3.05) is 18.1 Å². The minimum Gasteiger partial charge on any atom is -0.481 e. The third-order valence-corrected chi connectivity index (χ3v) is 8.60. The number of fused-ring (bicyclic) bond motifs is 1. The standard InChI is InChI=1S/C29H31ClN2O6/c1-3-15-31(20-11-9-19(30)10-12-20)26(35)24-29-14-13-28(2,38-29)23(27(36)37)22(29)25(34)32(24)21(17-33)16-18-7-5-4-6-8-18/h3-12,21-24,33H,1,13-17H2,2H3,(H,36,37)/t21-,22+,23+,24?,28-,29?/m1/s1. The maximum absolute atomic E-state index is 14.5. The van der Waals surface area contributed by atoms with Gasteiger partial charge in [0.25, 0.3) is 5.91 Å². The number of carbonyl (C=O) groups is 3. The molecule has 200 valence electrons. The number of anilines is 1. The number of aliphatic carboxylic acids is 1. The Morgan fingerprint density at radius 2 is 1.89 bits per heavy atom. The molecule has 2 N–H and O–H groups in total. The van der Waals surface area contributed by atoms with E-state index in [1.54, 1.807) is 37.3 Å². The molecule has 2 unspecified atom stereocenters. The fourth-order valence-electron chi connectivity index (χ4n) is 6.77. The lowest BCUT2D eigenvalue weighted by molar-refractivity contribution is -0.155. The number of amides is 2. The zero-order chi connectivity index (χ0) is 27.2. The maximum Gasteiger partial charge on any atom is 0.310 e. The third-order valence-electron chi connectivity index (χ3n) is 8.35. The van der Waals surface area contributed by atoms with Crippen molar-refractivity contribution in [3.05, 3.63) is 77.8 Å². The van der Waals surface area contributed by atoms with Crippen LogP contribution in [-0.2, 0) is 25.5 Å². The number of benzene rings is 2. The molecule has 0 aromatic heterocycles. The molecule has 2 aromatic carbocycles. The van der Waals surface area contributed by atoms with Crippen molar-refractivity contribution in [2.45, 2.75) is 49.5 Å². The van der Waals surface area contributed by atoms with Crippen molar-refractivity contribution in [1.29, 1.82) is 0 Å². The summed E-state index contributed by atoms with van der Waals surface area (Å²) in [4.78, 5) is 44.0. The molecular weight excluding hydrogens is 508 g/mol. The predicted octanol–water partition coefficient (Wildman–Crippen LogP) is 3.31. The molecule has 3 heterocycles. The highest BCUT2D eigenvalue weighted by Gasteiger charge is 2.78. The number of carboxylic acids is 1. The highest BCUT2D eigenvalue weighted by Crippen LogP contribution is 2.63. The number of ether oxygens (including phenoxy) is 1. The summed E-state index contributed by atoms with van der Waals surface area (Å²) in [6.45, 7) is 5.27. The molecule has 38 heavy (non-hydrogen) atoms. The number of halogens is 1. The van der Waals surface area contributed by atoms with E-state index < -0.39 is 59.5 Å². The van der Waals surface area contributed by atoms with E-state index in [1.807, 2.05) is 30.3 Å². The van der Waals surface area contributed by atoms with Gasteiger partial charge in [-0.2, -0.15) is 0 Å². The lowest BCUT2D eigenvalue weighted by Crippen LogP contribution is -2.59. The number of likely N-dealkylation sites (tertiary alicyclic amines) is 1. The molecule has 0 saturated carbocycles. The van der Waals surface area contributed by atoms with Crippen LogP contribution in [0.4, 0.5) is 5.69 Å². The van der Waals surface area contributed by atoms with Gasteiger partial charge < -0.3 is 24.7 Å². The van der Waals surface area contributed by atoms with Gasteiger partial charge in [0.05, 0.1) is 30.1 Å². The molecular formula is C29H31ClN2O6. The van der Waals surface area contributed by atoms with Gasteiger partial charge >= 0.3 is 5.97 Å². The molecule has 0 aliphatic carbocycles. The van der Waals surface area contributed by atoms with Crippen molar-refractivity contribution in [3.8, 4) is 0 Å². The van der Waals surface area contributed by atoms with Gasteiger partial charge in [-0.05, 0) is 56.0 Å². The summed E-state index contributed by atoms with van der Waals surface area (Å²) < 4.78 is 6.49. The lowest BCUT2D eigenvalue weighted by atomic mass is 9.66. The highest BCUT2D eigenvalue weighted by molar-refractivity contribution is 6.30. The van der Waals surface area contributed by atoms with Crippen LogP contribution < -0.4 is 4.90 Å². The SMILES string of the molecule is C=CCN(C(=O)C1N([C@@H](CO)Cc2ccccc2)C(=O)[C@@H]2[C@@H](C(=O)O)[C@@]3(C)CCC12O3)c1ccc(Cl)cc1. The van der Waals surface area contributed by atoms with Crippen LogP contribution >= 0.6 is 11.6 Å². The Balaban J connectivity index is 1.63. The number of carbonyl (C=O) groups excluding carboxylic acids is 2. The monoisotopic (exact) mass is 538 g/mol. The van der Waals surface area contributed by atoms with Crippen LogP contribution in [0.25, 0.3) is 0 Å². The van der Waals surface area contributed by atoms with E-state index in [-0.39, 0.29) is 6.54 Å². The van der Waals surface area contributed by atoms with Crippen molar-refractivity contribution < 1.29 is 29.3 Å². The van der Waals surface area contributed by atoms with Gasteiger partial charge in [-0.3, -0.25) is 14.4 Å². The number of hydrogen-bond donors (Lipinski definition) is 2. The van der Waals surface area contributed by atoms with E-state index in [0.717, 1.165) is 5.56 Å². The summed E-state index contributed by atoms with van der Waals surface area (Å²) in [6, 6.07) is 14.3. The topological polar surface area (TPSA) is 107 Å². The first kappa shape index (κ1) is 26.4.